The molecular formula is C28H37N3O6. The summed E-state index contributed by atoms with van der Waals surface area (Å²) in [4.78, 5) is 18.9. The van der Waals surface area contributed by atoms with Gasteiger partial charge in [-0.05, 0) is 57.5 Å². The molecule has 3 aliphatic heterocycles. The number of nitrogens with one attached hydrogen (secondary N) is 1. The summed E-state index contributed by atoms with van der Waals surface area (Å²) in [6.45, 7) is 8.66. The van der Waals surface area contributed by atoms with Gasteiger partial charge >= 0.3 is 0 Å². The summed E-state index contributed by atoms with van der Waals surface area (Å²) in [6.07, 6.45) is 1.19. The van der Waals surface area contributed by atoms with E-state index in [0.717, 1.165) is 23.4 Å². The molecule has 1 amide bonds. The number of pyridine rings is 1. The smallest absolute Gasteiger partial charge is 0.226 e. The molecule has 3 aliphatic rings. The van der Waals surface area contributed by atoms with Gasteiger partial charge in [-0.1, -0.05) is 18.2 Å². The topological polar surface area (TPSA) is 91.4 Å². The highest BCUT2D eigenvalue weighted by Gasteiger charge is 2.59. The molecule has 0 aliphatic carbocycles. The predicted octanol–water partition coefficient (Wildman–Crippen LogP) is 3.13. The molecule has 9 heteroatoms. The van der Waals surface area contributed by atoms with Crippen LogP contribution in [0.15, 0.2) is 48.7 Å². The Kier molecular flexibility index (Phi) is 7.26. The van der Waals surface area contributed by atoms with E-state index in [0.29, 0.717) is 19.6 Å². The summed E-state index contributed by atoms with van der Waals surface area (Å²) >= 11 is 0. The van der Waals surface area contributed by atoms with Crippen LogP contribution in [-0.4, -0.2) is 78.2 Å². The maximum absolute atomic E-state index is 12.9. The number of likely N-dealkylation sites (N-methyl/N-ethyl adjacent to an activating group) is 1. The Hall–Kier alpha value is -2.56. The van der Waals surface area contributed by atoms with Gasteiger partial charge in [0.2, 0.25) is 5.91 Å². The van der Waals surface area contributed by atoms with Gasteiger partial charge in [-0.15, -0.1) is 0 Å². The molecule has 5 rings (SSSR count). The Labute approximate surface area is 218 Å². The molecule has 37 heavy (non-hydrogen) atoms. The molecule has 200 valence electrons. The molecule has 4 heterocycles. The number of aromatic nitrogens is 1. The molecule has 3 saturated heterocycles. The lowest BCUT2D eigenvalue weighted by Gasteiger charge is -2.27. The second kappa shape index (κ2) is 10.3. The third kappa shape index (κ3) is 6.13. The van der Waals surface area contributed by atoms with E-state index in [2.05, 4.69) is 10.3 Å². The number of ether oxygens (including phenoxy) is 5. The average molecular weight is 512 g/mol. The van der Waals surface area contributed by atoms with E-state index in [-0.39, 0.29) is 30.3 Å². The first-order valence-electron chi connectivity index (χ1n) is 12.9. The van der Waals surface area contributed by atoms with Crippen molar-refractivity contribution < 1.29 is 28.5 Å². The molecule has 0 bridgehead atoms. The lowest BCUT2D eigenvalue weighted by molar-refractivity contribution is -0.203. The number of nitrogens with zero attached hydrogens (tertiary/aromatic N) is 2. The number of hydrogen-bond donors (Lipinski definition) is 1. The Morgan fingerprint density at radius 3 is 2.57 bits per heavy atom. The van der Waals surface area contributed by atoms with Crippen LogP contribution in [0.2, 0.25) is 0 Å². The highest BCUT2D eigenvalue weighted by molar-refractivity contribution is 5.78. The van der Waals surface area contributed by atoms with E-state index < -0.39 is 17.8 Å². The number of fused-ring (bicyclic) bond motifs is 1. The monoisotopic (exact) mass is 511 g/mol. The predicted molar refractivity (Wildman–Crippen MR) is 137 cm³/mol. The zero-order valence-corrected chi connectivity index (χ0v) is 22.2. The minimum atomic E-state index is -0.722. The highest BCUT2D eigenvalue weighted by atomic mass is 16.8. The minimum Gasteiger partial charge on any atom is -0.358 e. The van der Waals surface area contributed by atoms with Gasteiger partial charge in [-0.3, -0.25) is 9.78 Å². The van der Waals surface area contributed by atoms with Crippen LogP contribution in [0, 0.1) is 0 Å². The Bertz CT molecular complexity index is 1090. The summed E-state index contributed by atoms with van der Waals surface area (Å²) in [5.74, 6) is -1.32. The number of rotatable bonds is 8. The van der Waals surface area contributed by atoms with Crippen LogP contribution in [0.1, 0.15) is 39.0 Å². The lowest BCUT2D eigenvalue weighted by atomic mass is 10.1. The molecule has 0 radical (unpaired) electrons. The van der Waals surface area contributed by atoms with Crippen LogP contribution < -0.4 is 5.32 Å². The van der Waals surface area contributed by atoms with E-state index in [4.69, 9.17) is 23.7 Å². The average Bonchev–Trinajstić information content (AvgIpc) is 3.48. The molecule has 1 aromatic heterocycles. The standard InChI is InChI=1S/C28H37N3O6/c1-27(2)33-17-21(35-27)23-24-25(37-28(3,4)36-24)26(34-23)30-20-11-8-9-18(15-20)16-22(32)31(5)14-12-19-10-6-7-13-29-19/h6-11,13,15,21,23-26,30H,12,14,16-17H2,1-5H3/t21?,23?,24-,25-,26?/m0/s1. The molecule has 5 atom stereocenters. The zero-order chi connectivity index (χ0) is 26.2. The van der Waals surface area contributed by atoms with Gasteiger partial charge in [-0.25, -0.2) is 0 Å². The van der Waals surface area contributed by atoms with Crippen LogP contribution in [0.3, 0.4) is 0 Å². The van der Waals surface area contributed by atoms with Gasteiger partial charge in [0.25, 0.3) is 0 Å². The van der Waals surface area contributed by atoms with Crippen molar-refractivity contribution in [3.63, 3.8) is 0 Å². The first-order chi connectivity index (χ1) is 17.6. The van der Waals surface area contributed by atoms with E-state index in [1.165, 1.54) is 0 Å². The molecule has 1 aromatic carbocycles. The maximum atomic E-state index is 12.9. The van der Waals surface area contributed by atoms with Crippen LogP contribution in [0.5, 0.6) is 0 Å². The molecule has 3 fully saturated rings. The second-order valence-electron chi connectivity index (χ2n) is 10.9. The summed E-state index contributed by atoms with van der Waals surface area (Å²) in [7, 11) is 1.83. The molecule has 0 spiro atoms. The van der Waals surface area contributed by atoms with Gasteiger partial charge in [0.05, 0.1) is 13.0 Å². The zero-order valence-electron chi connectivity index (χ0n) is 22.2. The van der Waals surface area contributed by atoms with Gasteiger partial charge in [0.15, 0.2) is 17.8 Å². The fourth-order valence-electron chi connectivity index (χ4n) is 5.12. The number of amides is 1. The van der Waals surface area contributed by atoms with Crippen molar-refractivity contribution >= 4 is 11.6 Å². The first-order valence-corrected chi connectivity index (χ1v) is 12.9. The summed E-state index contributed by atoms with van der Waals surface area (Å²) in [6, 6.07) is 13.7. The first kappa shape index (κ1) is 26.1. The highest BCUT2D eigenvalue weighted by Crippen LogP contribution is 2.42. The number of hydrogen-bond acceptors (Lipinski definition) is 8. The fourth-order valence-corrected chi connectivity index (χ4v) is 5.12. The van der Waals surface area contributed by atoms with Crippen molar-refractivity contribution in [1.29, 1.82) is 0 Å². The maximum Gasteiger partial charge on any atom is 0.226 e. The van der Waals surface area contributed by atoms with Crippen molar-refractivity contribution in [2.45, 2.75) is 82.8 Å². The summed E-state index contributed by atoms with van der Waals surface area (Å²) in [5.41, 5.74) is 2.74. The van der Waals surface area contributed by atoms with Gasteiger partial charge in [0, 0.05) is 37.6 Å². The Balaban J connectivity index is 1.21. The number of carbonyl (C=O) groups excluding carboxylic acids is 1. The molecule has 9 nitrogen and oxygen atoms in total. The third-order valence-electron chi connectivity index (χ3n) is 6.93. The van der Waals surface area contributed by atoms with E-state index in [1.807, 2.05) is 77.2 Å². The number of benzene rings is 1. The summed E-state index contributed by atoms with van der Waals surface area (Å²) in [5, 5.41) is 3.46. The molecule has 2 aromatic rings. The fraction of sp³-hybridized carbons (Fsp3) is 0.571. The third-order valence-corrected chi connectivity index (χ3v) is 6.93. The largest absolute Gasteiger partial charge is 0.358 e. The van der Waals surface area contributed by atoms with Crippen molar-refractivity contribution in [1.82, 2.24) is 9.88 Å². The van der Waals surface area contributed by atoms with Gasteiger partial charge in [0.1, 0.15) is 24.4 Å². The SMILES string of the molecule is CN(CCc1ccccn1)C(=O)Cc1cccc(NC2OC(C3COC(C)(C)O3)[C@@H]3OC(C)(C)O[C@H]23)c1. The molecular weight excluding hydrogens is 474 g/mol. The van der Waals surface area contributed by atoms with E-state index in [9.17, 15) is 4.79 Å². The quantitative estimate of drug-likeness (QED) is 0.578. The van der Waals surface area contributed by atoms with Gasteiger partial charge in [-0.2, -0.15) is 0 Å². The lowest BCUT2D eigenvalue weighted by Crippen LogP contribution is -2.40. The molecule has 3 unspecified atom stereocenters. The van der Waals surface area contributed by atoms with Crippen LogP contribution >= 0.6 is 0 Å². The van der Waals surface area contributed by atoms with Crippen LogP contribution in [-0.2, 0) is 41.3 Å². The number of carbonyl (C=O) groups is 1. The Morgan fingerprint density at radius 1 is 1.03 bits per heavy atom. The number of anilines is 1. The second-order valence-corrected chi connectivity index (χ2v) is 10.9. The van der Waals surface area contributed by atoms with Crippen molar-refractivity contribution in [2.24, 2.45) is 0 Å². The Morgan fingerprint density at radius 2 is 1.84 bits per heavy atom. The van der Waals surface area contributed by atoms with Crippen molar-refractivity contribution in [3.8, 4) is 0 Å². The van der Waals surface area contributed by atoms with Crippen molar-refractivity contribution in [3.05, 3.63) is 59.9 Å². The minimum absolute atomic E-state index is 0.0561. The van der Waals surface area contributed by atoms with Crippen LogP contribution in [0.25, 0.3) is 0 Å². The van der Waals surface area contributed by atoms with E-state index in [1.54, 1.807) is 11.1 Å². The van der Waals surface area contributed by atoms with E-state index >= 15 is 0 Å². The van der Waals surface area contributed by atoms with Crippen molar-refractivity contribution in [2.75, 3.05) is 25.5 Å². The van der Waals surface area contributed by atoms with Gasteiger partial charge < -0.3 is 33.9 Å². The molecule has 0 saturated carbocycles. The summed E-state index contributed by atoms with van der Waals surface area (Å²) < 4.78 is 30.7. The molecule has 1 N–H and O–H groups in total. The van der Waals surface area contributed by atoms with Crippen LogP contribution in [0.4, 0.5) is 5.69 Å². The normalized spacial score (nSPS) is 29.7.